The Hall–Kier alpha value is -1.63. The molecule has 1 heterocycles. The van der Waals surface area contributed by atoms with Gasteiger partial charge in [0.2, 0.25) is 0 Å². The Bertz CT molecular complexity index is 840. The van der Waals surface area contributed by atoms with Gasteiger partial charge in [-0.15, -0.1) is 0 Å². The quantitative estimate of drug-likeness (QED) is 0.647. The van der Waals surface area contributed by atoms with Gasteiger partial charge in [0, 0.05) is 17.9 Å². The van der Waals surface area contributed by atoms with E-state index in [0.29, 0.717) is 24.3 Å². The lowest BCUT2D eigenvalue weighted by Crippen LogP contribution is -2.33. The molecule has 5 nitrogen and oxygen atoms in total. The Morgan fingerprint density at radius 3 is 2.53 bits per heavy atom. The van der Waals surface area contributed by atoms with Crippen molar-refractivity contribution in [1.29, 1.82) is 0 Å². The van der Waals surface area contributed by atoms with Gasteiger partial charge in [-0.3, -0.25) is 0 Å². The van der Waals surface area contributed by atoms with Crippen LogP contribution in [-0.4, -0.2) is 46.3 Å². The molecule has 162 valence electrons. The van der Waals surface area contributed by atoms with Crippen LogP contribution in [0.3, 0.4) is 0 Å². The van der Waals surface area contributed by atoms with Crippen molar-refractivity contribution >= 4 is 11.6 Å². The Labute approximate surface area is 182 Å². The van der Waals surface area contributed by atoms with Crippen molar-refractivity contribution in [3.63, 3.8) is 0 Å². The molecule has 2 aromatic carbocycles. The van der Waals surface area contributed by atoms with Crippen molar-refractivity contribution in [3.8, 4) is 5.75 Å². The standard InChI is InChI=1S/C24H29ClO5/c25-21-9-6-16(24-13-18(27)12-20(14-26)30-24)11-17(21)10-15-4-7-19(8-5-15)29-23-3-1-2-22(23)28/h4-9,11,18,20,22-24,26-28H,1-3,10,12-14H2/t18?,20?,22-,23+,24?/m0/s1. The zero-order valence-electron chi connectivity index (χ0n) is 16.9. The number of benzene rings is 2. The van der Waals surface area contributed by atoms with Crippen LogP contribution in [0.25, 0.3) is 0 Å². The number of halogens is 1. The van der Waals surface area contributed by atoms with E-state index in [9.17, 15) is 15.3 Å². The van der Waals surface area contributed by atoms with E-state index in [1.807, 2.05) is 42.5 Å². The molecule has 6 heteroatoms. The summed E-state index contributed by atoms with van der Waals surface area (Å²) in [6.07, 6.45) is 2.75. The lowest BCUT2D eigenvalue weighted by Gasteiger charge is -2.32. The van der Waals surface area contributed by atoms with Gasteiger partial charge >= 0.3 is 0 Å². The first-order valence-electron chi connectivity index (χ1n) is 10.7. The number of rotatable bonds is 6. The van der Waals surface area contributed by atoms with E-state index in [-0.39, 0.29) is 31.0 Å². The van der Waals surface area contributed by atoms with Crippen LogP contribution in [-0.2, 0) is 11.2 Å². The summed E-state index contributed by atoms with van der Waals surface area (Å²) in [6, 6.07) is 13.7. The molecule has 3 unspecified atom stereocenters. The normalized spacial score (nSPS) is 29.1. The van der Waals surface area contributed by atoms with Crippen LogP contribution < -0.4 is 4.74 Å². The molecule has 0 aromatic heterocycles. The van der Waals surface area contributed by atoms with Crippen LogP contribution >= 0.6 is 11.6 Å². The molecular weight excluding hydrogens is 404 g/mol. The number of hydrogen-bond acceptors (Lipinski definition) is 5. The second-order valence-corrected chi connectivity index (χ2v) is 8.79. The van der Waals surface area contributed by atoms with E-state index in [4.69, 9.17) is 21.1 Å². The molecule has 4 rings (SSSR count). The predicted molar refractivity (Wildman–Crippen MR) is 115 cm³/mol. The van der Waals surface area contributed by atoms with Crippen molar-refractivity contribution in [3.05, 3.63) is 64.2 Å². The Kier molecular flexibility index (Phi) is 6.96. The van der Waals surface area contributed by atoms with Crippen LogP contribution in [0.2, 0.25) is 5.02 Å². The van der Waals surface area contributed by atoms with E-state index >= 15 is 0 Å². The summed E-state index contributed by atoms with van der Waals surface area (Å²) in [7, 11) is 0. The summed E-state index contributed by atoms with van der Waals surface area (Å²) in [5, 5.41) is 30.1. The second-order valence-electron chi connectivity index (χ2n) is 8.38. The SMILES string of the molecule is OCC1CC(O)CC(c2ccc(Cl)c(Cc3ccc(O[C@@H]4CCC[C@@H]4O)cc3)c2)O1. The molecule has 2 fully saturated rings. The monoisotopic (exact) mass is 432 g/mol. The highest BCUT2D eigenvalue weighted by atomic mass is 35.5. The summed E-state index contributed by atoms with van der Waals surface area (Å²) < 4.78 is 11.8. The van der Waals surface area contributed by atoms with Gasteiger partial charge in [-0.1, -0.05) is 35.9 Å². The second kappa shape index (κ2) is 9.67. The lowest BCUT2D eigenvalue weighted by molar-refractivity contribution is -0.113. The molecule has 5 atom stereocenters. The maximum absolute atomic E-state index is 10.1. The summed E-state index contributed by atoms with van der Waals surface area (Å²) in [4.78, 5) is 0. The van der Waals surface area contributed by atoms with Gasteiger partial charge in [0.05, 0.1) is 31.0 Å². The summed E-state index contributed by atoms with van der Waals surface area (Å²) in [5.74, 6) is 0.768. The van der Waals surface area contributed by atoms with Crippen LogP contribution in [0.4, 0.5) is 0 Å². The third kappa shape index (κ3) is 5.16. The smallest absolute Gasteiger partial charge is 0.124 e. The zero-order valence-corrected chi connectivity index (χ0v) is 17.7. The fraction of sp³-hybridized carbons (Fsp3) is 0.500. The molecule has 1 aliphatic carbocycles. The van der Waals surface area contributed by atoms with Crippen molar-refractivity contribution < 1.29 is 24.8 Å². The molecule has 2 aliphatic rings. The van der Waals surface area contributed by atoms with E-state index in [1.165, 1.54) is 0 Å². The minimum absolute atomic E-state index is 0.0969. The molecule has 30 heavy (non-hydrogen) atoms. The van der Waals surface area contributed by atoms with E-state index in [2.05, 4.69) is 0 Å². The number of aliphatic hydroxyl groups is 3. The van der Waals surface area contributed by atoms with E-state index in [1.54, 1.807) is 0 Å². The van der Waals surface area contributed by atoms with Crippen LogP contribution in [0.15, 0.2) is 42.5 Å². The fourth-order valence-corrected chi connectivity index (χ4v) is 4.56. The summed E-state index contributed by atoms with van der Waals surface area (Å²) >= 11 is 6.45. The zero-order chi connectivity index (χ0) is 21.1. The van der Waals surface area contributed by atoms with Crippen molar-refractivity contribution in [2.24, 2.45) is 0 Å². The molecule has 1 aliphatic heterocycles. The number of hydrogen-bond donors (Lipinski definition) is 3. The number of ether oxygens (including phenoxy) is 2. The van der Waals surface area contributed by atoms with Gasteiger partial charge in [0.1, 0.15) is 11.9 Å². The third-order valence-electron chi connectivity index (χ3n) is 6.05. The first-order chi connectivity index (χ1) is 14.5. The van der Waals surface area contributed by atoms with Crippen LogP contribution in [0.5, 0.6) is 5.75 Å². The molecule has 2 aromatic rings. The van der Waals surface area contributed by atoms with Gasteiger partial charge in [-0.2, -0.15) is 0 Å². The average molecular weight is 433 g/mol. The fourth-order valence-electron chi connectivity index (χ4n) is 4.38. The first-order valence-corrected chi connectivity index (χ1v) is 11.1. The molecule has 1 saturated carbocycles. The maximum Gasteiger partial charge on any atom is 0.124 e. The summed E-state index contributed by atoms with van der Waals surface area (Å²) in [5.41, 5.74) is 3.05. The maximum atomic E-state index is 10.1. The van der Waals surface area contributed by atoms with Crippen LogP contribution in [0, 0.1) is 0 Å². The highest BCUT2D eigenvalue weighted by molar-refractivity contribution is 6.31. The highest BCUT2D eigenvalue weighted by Crippen LogP contribution is 2.34. The molecular formula is C24H29ClO5. The largest absolute Gasteiger partial charge is 0.488 e. The van der Waals surface area contributed by atoms with E-state index < -0.39 is 6.10 Å². The van der Waals surface area contributed by atoms with E-state index in [0.717, 1.165) is 41.7 Å². The Morgan fingerprint density at radius 1 is 1.03 bits per heavy atom. The van der Waals surface area contributed by atoms with Crippen molar-refractivity contribution in [2.75, 3.05) is 6.61 Å². The average Bonchev–Trinajstić information content (AvgIpc) is 3.15. The van der Waals surface area contributed by atoms with Crippen molar-refractivity contribution in [2.45, 2.75) is 69.0 Å². The van der Waals surface area contributed by atoms with Crippen LogP contribution in [0.1, 0.15) is 54.9 Å². The lowest BCUT2D eigenvalue weighted by atomic mass is 9.94. The minimum Gasteiger partial charge on any atom is -0.488 e. The summed E-state index contributed by atoms with van der Waals surface area (Å²) in [6.45, 7) is -0.0969. The third-order valence-corrected chi connectivity index (χ3v) is 6.41. The molecule has 0 spiro atoms. The molecule has 3 N–H and O–H groups in total. The molecule has 0 radical (unpaired) electrons. The molecule has 0 amide bonds. The minimum atomic E-state index is -0.481. The topological polar surface area (TPSA) is 79.2 Å². The molecule has 0 bridgehead atoms. The van der Waals surface area contributed by atoms with Gasteiger partial charge in [0.25, 0.3) is 0 Å². The van der Waals surface area contributed by atoms with Gasteiger partial charge in [-0.25, -0.2) is 0 Å². The first kappa shape index (κ1) is 21.6. The van der Waals surface area contributed by atoms with Crippen molar-refractivity contribution in [1.82, 2.24) is 0 Å². The Balaban J connectivity index is 1.44. The van der Waals surface area contributed by atoms with Gasteiger partial charge in [0.15, 0.2) is 0 Å². The van der Waals surface area contributed by atoms with Gasteiger partial charge < -0.3 is 24.8 Å². The Morgan fingerprint density at radius 2 is 1.83 bits per heavy atom. The predicted octanol–water partition coefficient (Wildman–Crippen LogP) is 3.80. The highest BCUT2D eigenvalue weighted by Gasteiger charge is 2.29. The molecule has 1 saturated heterocycles. The van der Waals surface area contributed by atoms with Gasteiger partial charge in [-0.05, 0) is 60.6 Å². The number of aliphatic hydroxyl groups excluding tert-OH is 3.